The summed E-state index contributed by atoms with van der Waals surface area (Å²) in [6.45, 7) is 6.16. The van der Waals surface area contributed by atoms with Crippen LogP contribution in [0.1, 0.15) is 102 Å². The lowest BCUT2D eigenvalue weighted by atomic mass is 9.88. The predicted molar refractivity (Wildman–Crippen MR) is 106 cm³/mol. The minimum Gasteiger partial charge on any atom is -0.282 e. The highest BCUT2D eigenvalue weighted by Crippen LogP contribution is 2.31. The van der Waals surface area contributed by atoms with Gasteiger partial charge in [0.25, 0.3) is 10.1 Å². The van der Waals surface area contributed by atoms with Gasteiger partial charge in [-0.2, -0.15) is 8.42 Å². The molecule has 0 heterocycles. The van der Waals surface area contributed by atoms with Crippen molar-refractivity contribution in [1.29, 1.82) is 0 Å². The average molecular weight is 369 g/mol. The Labute approximate surface area is 155 Å². The molecule has 144 valence electrons. The largest absolute Gasteiger partial charge is 0.294 e. The molecule has 0 aliphatic heterocycles. The number of hydrogen-bond donors (Lipinski definition) is 1. The zero-order valence-electron chi connectivity index (χ0n) is 16.3. The fraction of sp³-hybridized carbons (Fsp3) is 0.714. The van der Waals surface area contributed by atoms with Crippen LogP contribution >= 0.6 is 0 Å². The molecule has 0 saturated carbocycles. The number of benzene rings is 1. The highest BCUT2D eigenvalue weighted by atomic mass is 32.2. The molecule has 0 radical (unpaired) electrons. The Hall–Kier alpha value is -0.870. The van der Waals surface area contributed by atoms with E-state index in [0.29, 0.717) is 11.5 Å². The second kappa shape index (κ2) is 11.7. The monoisotopic (exact) mass is 368 g/mol. The van der Waals surface area contributed by atoms with Crippen molar-refractivity contribution in [3.8, 4) is 0 Å². The molecule has 1 unspecified atom stereocenters. The minimum atomic E-state index is -4.15. The summed E-state index contributed by atoms with van der Waals surface area (Å²) in [5, 5.41) is 0. The topological polar surface area (TPSA) is 54.4 Å². The molecule has 1 N–H and O–H groups in total. The third-order valence-corrected chi connectivity index (χ3v) is 6.02. The van der Waals surface area contributed by atoms with Crippen LogP contribution in [-0.2, 0) is 10.1 Å². The van der Waals surface area contributed by atoms with E-state index in [4.69, 9.17) is 0 Å². The van der Waals surface area contributed by atoms with Crippen LogP contribution < -0.4 is 0 Å². The molecule has 0 aromatic heterocycles. The molecule has 0 spiro atoms. The van der Waals surface area contributed by atoms with E-state index in [1.54, 1.807) is 13.0 Å². The molecule has 3 nitrogen and oxygen atoms in total. The molecule has 0 aliphatic rings. The number of rotatable bonds is 13. The zero-order chi connectivity index (χ0) is 18.7. The van der Waals surface area contributed by atoms with Gasteiger partial charge in [-0.05, 0) is 42.9 Å². The number of aryl methyl sites for hydroxylation is 1. The Morgan fingerprint density at radius 2 is 1.40 bits per heavy atom. The maximum absolute atomic E-state index is 11.6. The van der Waals surface area contributed by atoms with E-state index in [2.05, 4.69) is 13.8 Å². The van der Waals surface area contributed by atoms with Gasteiger partial charge in [-0.15, -0.1) is 0 Å². The van der Waals surface area contributed by atoms with Crippen molar-refractivity contribution in [2.24, 2.45) is 0 Å². The summed E-state index contributed by atoms with van der Waals surface area (Å²) in [4.78, 5) is 0.0644. The van der Waals surface area contributed by atoms with E-state index in [9.17, 15) is 13.0 Å². The Morgan fingerprint density at radius 1 is 0.880 bits per heavy atom. The smallest absolute Gasteiger partial charge is 0.282 e. The summed E-state index contributed by atoms with van der Waals surface area (Å²) in [5.41, 5.74) is 1.67. The number of unbranched alkanes of at least 4 members (excludes halogenated alkanes) is 7. The van der Waals surface area contributed by atoms with Gasteiger partial charge in [-0.3, -0.25) is 4.55 Å². The third-order valence-electron chi connectivity index (χ3n) is 5.02. The van der Waals surface area contributed by atoms with Crippen molar-refractivity contribution in [2.75, 3.05) is 0 Å². The summed E-state index contributed by atoms with van der Waals surface area (Å²) < 4.78 is 32.7. The lowest BCUT2D eigenvalue weighted by Crippen LogP contribution is -2.05. The first kappa shape index (κ1) is 22.2. The van der Waals surface area contributed by atoms with Crippen molar-refractivity contribution in [3.05, 3.63) is 29.3 Å². The first-order valence-corrected chi connectivity index (χ1v) is 11.4. The van der Waals surface area contributed by atoms with Crippen LogP contribution in [0.5, 0.6) is 0 Å². The van der Waals surface area contributed by atoms with Gasteiger partial charge in [-0.1, -0.05) is 83.8 Å². The average Bonchev–Trinajstić information content (AvgIpc) is 2.56. The maximum atomic E-state index is 11.6. The standard InChI is InChI=1S/C21H36O3S/c1-4-6-8-10-12-14-19(13-11-9-7-5-2)20-16-15-18(3)21(17-20)25(22,23)24/h15-17,19H,4-14H2,1-3H3,(H,22,23,24). The Morgan fingerprint density at radius 3 is 1.92 bits per heavy atom. The van der Waals surface area contributed by atoms with E-state index < -0.39 is 10.1 Å². The van der Waals surface area contributed by atoms with Gasteiger partial charge < -0.3 is 0 Å². The minimum absolute atomic E-state index is 0.0644. The van der Waals surface area contributed by atoms with E-state index in [1.807, 2.05) is 12.1 Å². The molecule has 0 aliphatic carbocycles. The molecule has 0 bridgehead atoms. The molecule has 1 aromatic rings. The Balaban J connectivity index is 2.82. The predicted octanol–water partition coefficient (Wildman–Crippen LogP) is 6.66. The molecule has 0 fully saturated rings. The fourth-order valence-electron chi connectivity index (χ4n) is 3.44. The van der Waals surface area contributed by atoms with Crippen LogP contribution in [0.15, 0.2) is 23.1 Å². The highest BCUT2D eigenvalue weighted by Gasteiger charge is 2.18. The highest BCUT2D eigenvalue weighted by molar-refractivity contribution is 7.85. The van der Waals surface area contributed by atoms with Crippen LogP contribution in [0.2, 0.25) is 0 Å². The van der Waals surface area contributed by atoms with Crippen molar-refractivity contribution < 1.29 is 13.0 Å². The van der Waals surface area contributed by atoms with E-state index in [1.165, 1.54) is 57.8 Å². The first-order valence-electron chi connectivity index (χ1n) is 9.98. The van der Waals surface area contributed by atoms with Gasteiger partial charge in [-0.25, -0.2) is 0 Å². The van der Waals surface area contributed by atoms with Crippen molar-refractivity contribution in [3.63, 3.8) is 0 Å². The van der Waals surface area contributed by atoms with Crippen LogP contribution in [0, 0.1) is 6.92 Å². The molecule has 1 atom stereocenters. The SMILES string of the molecule is CCCCCCCC(CCCCCC)c1ccc(C)c(S(=O)(=O)O)c1. The summed E-state index contributed by atoms with van der Waals surface area (Å²) in [6, 6.07) is 5.57. The molecule has 4 heteroatoms. The van der Waals surface area contributed by atoms with Crippen molar-refractivity contribution >= 4 is 10.1 Å². The van der Waals surface area contributed by atoms with Gasteiger partial charge in [0.1, 0.15) is 0 Å². The van der Waals surface area contributed by atoms with Gasteiger partial charge in [0.15, 0.2) is 0 Å². The van der Waals surface area contributed by atoms with Crippen LogP contribution in [0.25, 0.3) is 0 Å². The normalized spacial score (nSPS) is 13.1. The summed E-state index contributed by atoms with van der Waals surface area (Å²) in [7, 11) is -4.15. The molecule has 1 rings (SSSR count). The first-order chi connectivity index (χ1) is 11.9. The summed E-state index contributed by atoms with van der Waals surface area (Å²) >= 11 is 0. The molecule has 0 saturated heterocycles. The Kier molecular flexibility index (Phi) is 10.4. The second-order valence-corrected chi connectivity index (χ2v) is 8.64. The third kappa shape index (κ3) is 8.37. The lowest BCUT2D eigenvalue weighted by Gasteiger charge is -2.19. The van der Waals surface area contributed by atoms with Crippen LogP contribution in [0.4, 0.5) is 0 Å². The quantitative estimate of drug-likeness (QED) is 0.313. The maximum Gasteiger partial charge on any atom is 0.294 e. The van der Waals surface area contributed by atoms with Gasteiger partial charge in [0.05, 0.1) is 4.90 Å². The van der Waals surface area contributed by atoms with Gasteiger partial charge in [0, 0.05) is 0 Å². The van der Waals surface area contributed by atoms with E-state index in [-0.39, 0.29) is 4.90 Å². The molecule has 0 amide bonds. The van der Waals surface area contributed by atoms with E-state index in [0.717, 1.165) is 18.4 Å². The fourth-order valence-corrected chi connectivity index (χ4v) is 4.20. The van der Waals surface area contributed by atoms with Crippen LogP contribution in [0.3, 0.4) is 0 Å². The molecular weight excluding hydrogens is 332 g/mol. The molecular formula is C21H36O3S. The van der Waals surface area contributed by atoms with Crippen molar-refractivity contribution in [2.45, 2.75) is 102 Å². The molecule has 1 aromatic carbocycles. The zero-order valence-corrected chi connectivity index (χ0v) is 17.1. The van der Waals surface area contributed by atoms with Crippen molar-refractivity contribution in [1.82, 2.24) is 0 Å². The van der Waals surface area contributed by atoms with E-state index >= 15 is 0 Å². The van der Waals surface area contributed by atoms with Gasteiger partial charge in [0.2, 0.25) is 0 Å². The summed E-state index contributed by atoms with van der Waals surface area (Å²) in [6.07, 6.45) is 13.3. The summed E-state index contributed by atoms with van der Waals surface area (Å²) in [5.74, 6) is 0.389. The Bertz CT molecular complexity index is 593. The van der Waals surface area contributed by atoms with Crippen LogP contribution in [-0.4, -0.2) is 13.0 Å². The number of hydrogen-bond acceptors (Lipinski definition) is 2. The lowest BCUT2D eigenvalue weighted by molar-refractivity contribution is 0.480. The second-order valence-electron chi connectivity index (χ2n) is 7.25. The van der Waals surface area contributed by atoms with Gasteiger partial charge >= 0.3 is 0 Å². The molecule has 25 heavy (non-hydrogen) atoms.